The van der Waals surface area contributed by atoms with E-state index in [1.807, 2.05) is 37.4 Å². The molecule has 88 valence electrons. The van der Waals surface area contributed by atoms with Crippen molar-refractivity contribution in [2.24, 2.45) is 7.05 Å². The van der Waals surface area contributed by atoms with Crippen LogP contribution in [-0.2, 0) is 7.05 Å². The lowest BCUT2D eigenvalue weighted by molar-refractivity contribution is 0.102. The first-order valence-electron chi connectivity index (χ1n) is 5.14. The highest BCUT2D eigenvalue weighted by Crippen LogP contribution is 2.22. The molecule has 0 aliphatic rings. The third kappa shape index (κ3) is 2.55. The molecule has 0 fully saturated rings. The molecule has 0 aliphatic heterocycles. The zero-order valence-corrected chi connectivity index (χ0v) is 11.2. The molecule has 1 aromatic carbocycles. The molecule has 4 nitrogen and oxygen atoms in total. The van der Waals surface area contributed by atoms with E-state index in [0.717, 1.165) is 15.7 Å². The lowest BCUT2D eigenvalue weighted by atomic mass is 10.2. The Morgan fingerprint density at radius 3 is 2.71 bits per heavy atom. The normalized spacial score (nSPS) is 10.3. The Morgan fingerprint density at radius 2 is 2.12 bits per heavy atom. The highest BCUT2D eigenvalue weighted by atomic mass is 79.9. The van der Waals surface area contributed by atoms with Crippen molar-refractivity contribution in [2.45, 2.75) is 6.92 Å². The van der Waals surface area contributed by atoms with E-state index in [1.165, 1.54) is 0 Å². The Hall–Kier alpha value is -1.62. The number of hydrogen-bond donors (Lipinski definition) is 1. The maximum atomic E-state index is 12.0. The summed E-state index contributed by atoms with van der Waals surface area (Å²) in [6.45, 7) is 1.86. The van der Waals surface area contributed by atoms with Gasteiger partial charge in [0.25, 0.3) is 5.91 Å². The minimum absolute atomic E-state index is 0.199. The van der Waals surface area contributed by atoms with Crippen LogP contribution in [0.2, 0.25) is 0 Å². The van der Waals surface area contributed by atoms with Gasteiger partial charge < -0.3 is 5.32 Å². The number of benzene rings is 1. The maximum Gasteiger partial charge on any atom is 0.276 e. The predicted molar refractivity (Wildman–Crippen MR) is 70.0 cm³/mol. The summed E-state index contributed by atoms with van der Waals surface area (Å²) in [6.07, 6.45) is 1.81. The van der Waals surface area contributed by atoms with Crippen LogP contribution in [0.15, 0.2) is 34.9 Å². The van der Waals surface area contributed by atoms with Crippen molar-refractivity contribution in [3.8, 4) is 0 Å². The number of nitrogens with zero attached hydrogens (tertiary/aromatic N) is 2. The van der Waals surface area contributed by atoms with Crippen LogP contribution in [0.4, 0.5) is 5.69 Å². The van der Waals surface area contributed by atoms with Crippen LogP contribution in [0, 0.1) is 6.92 Å². The molecule has 1 amide bonds. The first kappa shape index (κ1) is 11.9. The van der Waals surface area contributed by atoms with Crippen molar-refractivity contribution in [1.82, 2.24) is 9.78 Å². The van der Waals surface area contributed by atoms with Crippen LogP contribution in [0.3, 0.4) is 0 Å². The number of anilines is 1. The largest absolute Gasteiger partial charge is 0.320 e. The molecule has 0 bridgehead atoms. The van der Waals surface area contributed by atoms with E-state index in [1.54, 1.807) is 11.7 Å². The van der Waals surface area contributed by atoms with Crippen LogP contribution in [0.1, 0.15) is 16.1 Å². The second-order valence-electron chi connectivity index (χ2n) is 3.77. The van der Waals surface area contributed by atoms with Gasteiger partial charge in [-0.05, 0) is 35.0 Å². The number of carbonyl (C=O) groups is 1. The van der Waals surface area contributed by atoms with Gasteiger partial charge in [0.05, 0.1) is 5.69 Å². The first-order chi connectivity index (χ1) is 8.08. The van der Waals surface area contributed by atoms with Crippen molar-refractivity contribution in [3.05, 3.63) is 46.2 Å². The summed E-state index contributed by atoms with van der Waals surface area (Å²) in [4.78, 5) is 12.0. The fourth-order valence-electron chi connectivity index (χ4n) is 1.58. The Morgan fingerprint density at radius 1 is 1.41 bits per heavy atom. The molecule has 0 atom stereocenters. The third-order valence-corrected chi connectivity index (χ3v) is 3.04. The molecule has 17 heavy (non-hydrogen) atoms. The van der Waals surface area contributed by atoms with Gasteiger partial charge >= 0.3 is 0 Å². The average Bonchev–Trinajstić information content (AvgIpc) is 2.61. The number of hydrogen-bond acceptors (Lipinski definition) is 2. The zero-order valence-electron chi connectivity index (χ0n) is 9.57. The van der Waals surface area contributed by atoms with Crippen molar-refractivity contribution < 1.29 is 4.79 Å². The molecule has 0 saturated heterocycles. The molecule has 0 spiro atoms. The van der Waals surface area contributed by atoms with Gasteiger partial charge in [-0.2, -0.15) is 5.10 Å². The molecule has 5 heteroatoms. The molecule has 1 heterocycles. The van der Waals surface area contributed by atoms with Crippen LogP contribution < -0.4 is 5.32 Å². The quantitative estimate of drug-likeness (QED) is 0.925. The second-order valence-corrected chi connectivity index (χ2v) is 4.62. The smallest absolute Gasteiger partial charge is 0.276 e. The molecular weight excluding hydrogens is 282 g/mol. The van der Waals surface area contributed by atoms with Crippen LogP contribution in [0.5, 0.6) is 0 Å². The number of aromatic nitrogens is 2. The van der Waals surface area contributed by atoms with Crippen molar-refractivity contribution in [1.29, 1.82) is 0 Å². The monoisotopic (exact) mass is 293 g/mol. The van der Waals surface area contributed by atoms with Gasteiger partial charge in [-0.1, -0.05) is 12.1 Å². The fraction of sp³-hybridized carbons (Fsp3) is 0.167. The summed E-state index contributed by atoms with van der Waals surface area (Å²) < 4.78 is 2.48. The Bertz CT molecular complexity index is 563. The number of rotatable bonds is 2. The van der Waals surface area contributed by atoms with Gasteiger partial charge in [-0.3, -0.25) is 9.48 Å². The topological polar surface area (TPSA) is 46.9 Å². The van der Waals surface area contributed by atoms with E-state index >= 15 is 0 Å². The molecule has 2 rings (SSSR count). The lowest BCUT2D eigenvalue weighted by Crippen LogP contribution is -2.14. The highest BCUT2D eigenvalue weighted by molar-refractivity contribution is 9.10. The number of para-hydroxylation sites is 1. The summed E-state index contributed by atoms with van der Waals surface area (Å²) in [5.74, 6) is -0.199. The van der Waals surface area contributed by atoms with Gasteiger partial charge in [0.15, 0.2) is 5.69 Å². The van der Waals surface area contributed by atoms with Crippen LogP contribution in [-0.4, -0.2) is 15.7 Å². The Labute approximate surface area is 108 Å². The maximum absolute atomic E-state index is 12.0. The van der Waals surface area contributed by atoms with E-state index in [-0.39, 0.29) is 5.91 Å². The predicted octanol–water partition coefficient (Wildman–Crippen LogP) is 2.74. The third-order valence-electron chi connectivity index (χ3n) is 2.35. The average molecular weight is 294 g/mol. The summed E-state index contributed by atoms with van der Waals surface area (Å²) in [6, 6.07) is 7.47. The molecule has 1 aromatic heterocycles. The molecular formula is C12H12BrN3O. The van der Waals surface area contributed by atoms with Crippen LogP contribution >= 0.6 is 15.9 Å². The van der Waals surface area contributed by atoms with E-state index in [9.17, 15) is 4.79 Å². The minimum Gasteiger partial charge on any atom is -0.320 e. The summed E-state index contributed by atoms with van der Waals surface area (Å²) >= 11 is 3.38. The van der Waals surface area contributed by atoms with Gasteiger partial charge in [0.1, 0.15) is 0 Å². The number of carbonyl (C=O) groups excluding carboxylic acids is 1. The Balaban J connectivity index is 2.23. The lowest BCUT2D eigenvalue weighted by Gasteiger charge is -2.05. The SMILES string of the molecule is Cc1cn(C)nc1C(=O)Nc1ccccc1Br. The minimum atomic E-state index is -0.199. The molecule has 0 radical (unpaired) electrons. The van der Waals surface area contributed by atoms with E-state index in [0.29, 0.717) is 5.69 Å². The van der Waals surface area contributed by atoms with Gasteiger partial charge in [0.2, 0.25) is 0 Å². The van der Waals surface area contributed by atoms with Gasteiger partial charge in [-0.25, -0.2) is 0 Å². The number of nitrogens with one attached hydrogen (secondary N) is 1. The van der Waals surface area contributed by atoms with E-state index in [4.69, 9.17) is 0 Å². The summed E-state index contributed by atoms with van der Waals surface area (Å²) in [5.41, 5.74) is 2.04. The number of aryl methyl sites for hydroxylation is 2. The van der Waals surface area contributed by atoms with Crippen molar-refractivity contribution in [2.75, 3.05) is 5.32 Å². The number of halogens is 1. The summed E-state index contributed by atoms with van der Waals surface area (Å²) in [5, 5.41) is 6.94. The number of amides is 1. The van der Waals surface area contributed by atoms with Crippen molar-refractivity contribution in [3.63, 3.8) is 0 Å². The van der Waals surface area contributed by atoms with Crippen molar-refractivity contribution >= 4 is 27.5 Å². The highest BCUT2D eigenvalue weighted by Gasteiger charge is 2.14. The summed E-state index contributed by atoms with van der Waals surface area (Å²) in [7, 11) is 1.79. The zero-order chi connectivity index (χ0) is 12.4. The van der Waals surface area contributed by atoms with E-state index < -0.39 is 0 Å². The van der Waals surface area contributed by atoms with Crippen LogP contribution in [0.25, 0.3) is 0 Å². The standard InChI is InChI=1S/C12H12BrN3O/c1-8-7-16(2)15-11(8)12(17)14-10-6-4-3-5-9(10)13/h3-7H,1-2H3,(H,14,17). The molecule has 0 aliphatic carbocycles. The van der Waals surface area contributed by atoms with Gasteiger partial charge in [-0.15, -0.1) is 0 Å². The fourth-order valence-corrected chi connectivity index (χ4v) is 1.96. The molecule has 0 saturated carbocycles. The molecule has 0 unspecified atom stereocenters. The second kappa shape index (κ2) is 4.71. The molecule has 2 aromatic rings. The first-order valence-corrected chi connectivity index (χ1v) is 5.93. The van der Waals surface area contributed by atoms with E-state index in [2.05, 4.69) is 26.3 Å². The Kier molecular flexibility index (Phi) is 3.28. The molecule has 1 N–H and O–H groups in total. The van der Waals surface area contributed by atoms with Gasteiger partial charge in [0, 0.05) is 23.3 Å².